The molecule has 0 aromatic heterocycles. The summed E-state index contributed by atoms with van der Waals surface area (Å²) in [5, 5.41) is 12.8. The number of cyclic esters (lactones) is 1. The molecule has 6 atom stereocenters. The Balaban J connectivity index is 1.11. The number of esters is 1. The van der Waals surface area contributed by atoms with Gasteiger partial charge in [-0.3, -0.25) is 24.2 Å². The highest BCUT2D eigenvalue weighted by Crippen LogP contribution is 2.65. The topological polar surface area (TPSA) is 130 Å². The van der Waals surface area contributed by atoms with Gasteiger partial charge in [-0.15, -0.1) is 0 Å². The number of aliphatic hydroxyl groups is 1. The summed E-state index contributed by atoms with van der Waals surface area (Å²) < 4.78 is 23.6. The average Bonchev–Trinajstić information content (AvgIpc) is 3.96. The number of nitrogens with zero attached hydrogens (tertiary/aromatic N) is 3. The number of benzene rings is 5. The zero-order valence-electron chi connectivity index (χ0n) is 32.3. The Hall–Kier alpha value is -6.21. The fourth-order valence-electron chi connectivity index (χ4n) is 10.1. The molecular weight excluding hydrogens is 749 g/mol. The molecular formula is C47H44N4O8. The second-order valence-corrected chi connectivity index (χ2v) is 15.7. The Morgan fingerprint density at radius 1 is 0.763 bits per heavy atom. The van der Waals surface area contributed by atoms with Crippen molar-refractivity contribution in [3.05, 3.63) is 155 Å². The average molecular weight is 793 g/mol. The molecule has 5 aromatic carbocycles. The molecule has 300 valence electrons. The number of morpholine rings is 1. The predicted octanol–water partition coefficient (Wildman–Crippen LogP) is 5.40. The highest BCUT2D eigenvalue weighted by atomic mass is 16.7. The summed E-state index contributed by atoms with van der Waals surface area (Å²) in [6.45, 7) is 2.78. The lowest BCUT2D eigenvalue weighted by atomic mass is 9.65. The van der Waals surface area contributed by atoms with Gasteiger partial charge in [-0.1, -0.05) is 97.1 Å². The van der Waals surface area contributed by atoms with E-state index in [4.69, 9.17) is 18.9 Å². The highest BCUT2D eigenvalue weighted by Gasteiger charge is 2.74. The molecule has 2 amide bonds. The molecule has 10 rings (SSSR count). The van der Waals surface area contributed by atoms with Crippen LogP contribution >= 0.6 is 0 Å². The van der Waals surface area contributed by atoms with Gasteiger partial charge in [0.25, 0.3) is 0 Å². The van der Waals surface area contributed by atoms with Gasteiger partial charge in [-0.05, 0) is 58.1 Å². The van der Waals surface area contributed by atoms with Gasteiger partial charge < -0.3 is 34.3 Å². The van der Waals surface area contributed by atoms with E-state index in [1.807, 2.05) is 126 Å². The van der Waals surface area contributed by atoms with E-state index in [9.17, 15) is 5.11 Å². The maximum absolute atomic E-state index is 15.7. The zero-order valence-corrected chi connectivity index (χ0v) is 32.3. The minimum Gasteiger partial charge on any atom is -0.491 e. The molecule has 3 saturated heterocycles. The second kappa shape index (κ2) is 15.2. The van der Waals surface area contributed by atoms with Crippen molar-refractivity contribution in [3.8, 4) is 17.2 Å². The van der Waals surface area contributed by atoms with Crippen LogP contribution in [0.25, 0.3) is 0 Å². The first-order valence-electron chi connectivity index (χ1n) is 20.2. The first kappa shape index (κ1) is 37.1. The summed E-state index contributed by atoms with van der Waals surface area (Å²) in [5.41, 5.74) is 3.15. The number of fused-ring (bicyclic) bond motifs is 4. The summed E-state index contributed by atoms with van der Waals surface area (Å²) in [4.78, 5) is 52.3. The van der Waals surface area contributed by atoms with Crippen LogP contribution in [0, 0.1) is 5.92 Å². The molecule has 59 heavy (non-hydrogen) atoms. The maximum Gasteiger partial charge on any atom is 0.324 e. The molecule has 1 spiro atoms. The van der Waals surface area contributed by atoms with Crippen molar-refractivity contribution < 1.29 is 38.4 Å². The number of carbonyl (C=O) groups excluding carboxylic acids is 3. The summed E-state index contributed by atoms with van der Waals surface area (Å²) in [6, 6.07) is 37.9. The van der Waals surface area contributed by atoms with Crippen molar-refractivity contribution in [1.82, 2.24) is 14.7 Å². The van der Waals surface area contributed by atoms with Crippen molar-refractivity contribution in [2.75, 3.05) is 51.5 Å². The Kier molecular flexibility index (Phi) is 9.55. The van der Waals surface area contributed by atoms with Crippen molar-refractivity contribution in [3.63, 3.8) is 0 Å². The minimum absolute atomic E-state index is 0.0751. The van der Waals surface area contributed by atoms with Gasteiger partial charge in [0, 0.05) is 38.4 Å². The van der Waals surface area contributed by atoms with Crippen LogP contribution in [0.1, 0.15) is 46.0 Å². The molecule has 5 aromatic rings. The summed E-state index contributed by atoms with van der Waals surface area (Å²) >= 11 is 0. The number of hydrogen-bond acceptors (Lipinski definition) is 10. The smallest absolute Gasteiger partial charge is 0.324 e. The van der Waals surface area contributed by atoms with Crippen molar-refractivity contribution in [2.45, 2.75) is 36.2 Å². The van der Waals surface area contributed by atoms with Gasteiger partial charge in [0.15, 0.2) is 11.5 Å². The van der Waals surface area contributed by atoms with E-state index in [-0.39, 0.29) is 31.8 Å². The summed E-state index contributed by atoms with van der Waals surface area (Å²) in [5.74, 6) is -0.382. The molecule has 0 aliphatic carbocycles. The fourth-order valence-corrected chi connectivity index (χ4v) is 10.1. The number of para-hydroxylation sites is 1. The SMILES string of the molecule is O=C1OC(c2ccccc2)C(c2ccccc2)N2C1C(C(=O)N1CCN(Cc3ccc4c(c3)OCO4)CC1)C1(C(=O)Nc3ccccc31)C2c1cccc(OCCO)c1. The van der Waals surface area contributed by atoms with Crippen molar-refractivity contribution >= 4 is 23.5 Å². The maximum atomic E-state index is 15.7. The van der Waals surface area contributed by atoms with Gasteiger partial charge in [0.05, 0.1) is 24.6 Å². The molecule has 5 aliphatic rings. The number of amides is 2. The normalized spacial score (nSPS) is 26.0. The van der Waals surface area contributed by atoms with E-state index < -0.39 is 41.5 Å². The predicted molar refractivity (Wildman–Crippen MR) is 217 cm³/mol. The Morgan fingerprint density at radius 2 is 1.47 bits per heavy atom. The molecule has 5 aliphatic heterocycles. The van der Waals surface area contributed by atoms with Crippen LogP contribution in [0.5, 0.6) is 17.2 Å². The van der Waals surface area contributed by atoms with Crippen LogP contribution in [0.3, 0.4) is 0 Å². The van der Waals surface area contributed by atoms with Crippen LogP contribution < -0.4 is 19.5 Å². The quantitative estimate of drug-likeness (QED) is 0.187. The molecule has 5 heterocycles. The van der Waals surface area contributed by atoms with Crippen LogP contribution in [0.2, 0.25) is 0 Å². The van der Waals surface area contributed by atoms with E-state index in [2.05, 4.69) is 15.1 Å². The van der Waals surface area contributed by atoms with E-state index in [0.29, 0.717) is 55.3 Å². The summed E-state index contributed by atoms with van der Waals surface area (Å²) in [7, 11) is 0. The van der Waals surface area contributed by atoms with Crippen molar-refractivity contribution in [1.29, 1.82) is 0 Å². The van der Waals surface area contributed by atoms with Crippen LogP contribution in [-0.2, 0) is 31.1 Å². The number of nitrogens with one attached hydrogen (secondary N) is 1. The van der Waals surface area contributed by atoms with E-state index in [1.54, 1.807) is 6.07 Å². The number of carbonyl (C=O) groups is 3. The monoisotopic (exact) mass is 792 g/mol. The minimum atomic E-state index is -1.56. The fraction of sp³-hybridized carbons (Fsp3) is 0.298. The lowest BCUT2D eigenvalue weighted by Gasteiger charge is -2.46. The van der Waals surface area contributed by atoms with E-state index in [0.717, 1.165) is 28.2 Å². The molecule has 0 radical (unpaired) electrons. The lowest BCUT2D eigenvalue weighted by molar-refractivity contribution is -0.179. The molecule has 2 N–H and O–H groups in total. The summed E-state index contributed by atoms with van der Waals surface area (Å²) in [6.07, 6.45) is -0.760. The largest absolute Gasteiger partial charge is 0.491 e. The zero-order chi connectivity index (χ0) is 40.1. The molecule has 3 fully saturated rings. The van der Waals surface area contributed by atoms with E-state index in [1.165, 1.54) is 0 Å². The number of aliphatic hydroxyl groups excluding tert-OH is 1. The lowest BCUT2D eigenvalue weighted by Crippen LogP contribution is -2.58. The first-order valence-corrected chi connectivity index (χ1v) is 20.2. The number of ether oxygens (including phenoxy) is 4. The first-order chi connectivity index (χ1) is 28.9. The van der Waals surface area contributed by atoms with E-state index >= 15 is 14.4 Å². The van der Waals surface area contributed by atoms with Gasteiger partial charge in [0.2, 0.25) is 18.6 Å². The molecule has 12 nitrogen and oxygen atoms in total. The number of piperazine rings is 1. The van der Waals surface area contributed by atoms with Gasteiger partial charge in [-0.25, -0.2) is 0 Å². The second-order valence-electron chi connectivity index (χ2n) is 15.7. The number of rotatable bonds is 9. The number of anilines is 1. The van der Waals surface area contributed by atoms with Gasteiger partial charge in [0.1, 0.15) is 29.9 Å². The molecule has 0 saturated carbocycles. The molecule has 12 heteroatoms. The van der Waals surface area contributed by atoms with Crippen molar-refractivity contribution in [2.24, 2.45) is 5.92 Å². The third kappa shape index (κ3) is 6.21. The highest BCUT2D eigenvalue weighted by molar-refractivity contribution is 6.12. The van der Waals surface area contributed by atoms with Crippen LogP contribution in [0.4, 0.5) is 5.69 Å². The molecule has 6 unspecified atom stereocenters. The van der Waals surface area contributed by atoms with Gasteiger partial charge >= 0.3 is 5.97 Å². The standard InChI is InChI=1S/C47H44N4O8/c52-24-25-56-34-15-9-14-33(27-34)43-47(35-16-7-8-17-36(35)48-46(47)55)39(44(53)50-22-20-49(21-23-50)28-30-18-19-37-38(26-30)58-29-57-37)41-45(54)59-42(32-12-5-2-6-13-32)40(51(41)43)31-10-3-1-4-11-31/h1-19,26-27,39-43,52H,20-25,28-29H2,(H,48,55). The van der Waals surface area contributed by atoms with Crippen LogP contribution in [0.15, 0.2) is 127 Å². The Morgan fingerprint density at radius 3 is 2.25 bits per heavy atom. The van der Waals surface area contributed by atoms with Gasteiger partial charge in [-0.2, -0.15) is 0 Å². The van der Waals surface area contributed by atoms with Crippen LogP contribution in [-0.4, -0.2) is 89.8 Å². The number of hydrogen-bond donors (Lipinski definition) is 2. The third-order valence-corrected chi connectivity index (χ3v) is 12.5. The molecule has 0 bridgehead atoms. The Bertz CT molecular complexity index is 2390. The Labute approximate surface area is 341 Å². The third-order valence-electron chi connectivity index (χ3n) is 12.5.